The van der Waals surface area contributed by atoms with Crippen molar-refractivity contribution in [1.29, 1.82) is 0 Å². The lowest BCUT2D eigenvalue weighted by Gasteiger charge is -2.09. The normalized spacial score (nSPS) is 11.3. The highest BCUT2D eigenvalue weighted by atomic mass is 19.4. The van der Waals surface area contributed by atoms with Crippen LogP contribution in [-0.4, -0.2) is 25.7 Å². The number of amides is 1. The predicted molar refractivity (Wildman–Crippen MR) is 78.6 cm³/mol. The monoisotopic (exact) mass is 333 g/mol. The van der Waals surface area contributed by atoms with Crippen LogP contribution in [0.2, 0.25) is 0 Å². The standard InChI is InChI=1S/C15H10F3N5O/c16-15(17,18)11-3-1-2-10(6-11)14(24)22-12-4-5-13(20-7-12)23-9-19-8-21-23/h1-9H,(H,22,24). The molecule has 3 aromatic rings. The van der Waals surface area contributed by atoms with Gasteiger partial charge in [0, 0.05) is 5.56 Å². The minimum absolute atomic E-state index is 0.0924. The first kappa shape index (κ1) is 15.7. The maximum Gasteiger partial charge on any atom is 0.416 e. The molecule has 2 aromatic heterocycles. The molecule has 1 N–H and O–H groups in total. The number of hydrogen-bond acceptors (Lipinski definition) is 4. The van der Waals surface area contributed by atoms with Gasteiger partial charge in [0.05, 0.1) is 17.4 Å². The lowest BCUT2D eigenvalue weighted by molar-refractivity contribution is -0.137. The highest BCUT2D eigenvalue weighted by Crippen LogP contribution is 2.29. The zero-order valence-electron chi connectivity index (χ0n) is 12.0. The van der Waals surface area contributed by atoms with E-state index in [1.54, 1.807) is 12.1 Å². The molecular formula is C15H10F3N5O. The van der Waals surface area contributed by atoms with Crippen LogP contribution in [0.3, 0.4) is 0 Å². The summed E-state index contributed by atoms with van der Waals surface area (Å²) in [7, 11) is 0. The predicted octanol–water partition coefficient (Wildman–Crippen LogP) is 2.93. The van der Waals surface area contributed by atoms with Gasteiger partial charge in [0.25, 0.3) is 5.91 Å². The van der Waals surface area contributed by atoms with Crippen molar-refractivity contribution in [2.24, 2.45) is 0 Å². The van der Waals surface area contributed by atoms with Crippen LogP contribution in [0.15, 0.2) is 55.2 Å². The Morgan fingerprint density at radius 3 is 2.62 bits per heavy atom. The maximum absolute atomic E-state index is 12.7. The van der Waals surface area contributed by atoms with Crippen molar-refractivity contribution in [3.05, 3.63) is 66.4 Å². The number of carbonyl (C=O) groups excluding carboxylic acids is 1. The first-order chi connectivity index (χ1) is 11.4. The first-order valence-electron chi connectivity index (χ1n) is 6.73. The van der Waals surface area contributed by atoms with Crippen LogP contribution in [0.25, 0.3) is 5.82 Å². The molecule has 0 bridgehead atoms. The van der Waals surface area contributed by atoms with Gasteiger partial charge in [-0.3, -0.25) is 4.79 Å². The smallest absolute Gasteiger partial charge is 0.321 e. The number of halogens is 3. The van der Waals surface area contributed by atoms with Gasteiger partial charge in [-0.2, -0.15) is 18.3 Å². The quantitative estimate of drug-likeness (QED) is 0.800. The molecule has 0 saturated heterocycles. The number of aromatic nitrogens is 4. The van der Waals surface area contributed by atoms with Crippen LogP contribution >= 0.6 is 0 Å². The molecule has 3 rings (SSSR count). The molecule has 0 aliphatic heterocycles. The Labute approximate surface area is 134 Å². The molecule has 0 unspecified atom stereocenters. The molecule has 0 aliphatic rings. The average Bonchev–Trinajstić information content (AvgIpc) is 3.09. The second-order valence-corrected chi connectivity index (χ2v) is 4.78. The zero-order valence-corrected chi connectivity index (χ0v) is 12.0. The van der Waals surface area contributed by atoms with Crippen molar-refractivity contribution in [1.82, 2.24) is 19.7 Å². The summed E-state index contributed by atoms with van der Waals surface area (Å²) in [6.07, 6.45) is -0.311. The van der Waals surface area contributed by atoms with E-state index in [2.05, 4.69) is 20.4 Å². The van der Waals surface area contributed by atoms with Crippen molar-refractivity contribution in [2.75, 3.05) is 5.32 Å². The third-order valence-electron chi connectivity index (χ3n) is 3.11. The summed E-state index contributed by atoms with van der Waals surface area (Å²) >= 11 is 0. The number of carbonyl (C=O) groups is 1. The fourth-order valence-corrected chi connectivity index (χ4v) is 1.96. The molecule has 122 valence electrons. The molecule has 2 heterocycles. The van der Waals surface area contributed by atoms with Crippen molar-refractivity contribution < 1.29 is 18.0 Å². The molecule has 1 aromatic carbocycles. The summed E-state index contributed by atoms with van der Waals surface area (Å²) in [6.45, 7) is 0. The largest absolute Gasteiger partial charge is 0.416 e. The van der Waals surface area contributed by atoms with Crippen molar-refractivity contribution >= 4 is 11.6 Å². The van der Waals surface area contributed by atoms with Crippen LogP contribution in [0.5, 0.6) is 0 Å². The van der Waals surface area contributed by atoms with Gasteiger partial charge in [-0.15, -0.1) is 0 Å². The first-order valence-corrected chi connectivity index (χ1v) is 6.73. The Hall–Kier alpha value is -3.23. The van der Waals surface area contributed by atoms with Crippen LogP contribution in [-0.2, 0) is 6.18 Å². The highest BCUT2D eigenvalue weighted by molar-refractivity contribution is 6.04. The van der Waals surface area contributed by atoms with E-state index in [1.165, 1.54) is 35.7 Å². The van der Waals surface area contributed by atoms with E-state index in [4.69, 9.17) is 0 Å². The Morgan fingerprint density at radius 2 is 2.00 bits per heavy atom. The van der Waals surface area contributed by atoms with Gasteiger partial charge < -0.3 is 5.32 Å². The topological polar surface area (TPSA) is 72.7 Å². The number of nitrogens with one attached hydrogen (secondary N) is 1. The van der Waals surface area contributed by atoms with Gasteiger partial charge in [-0.05, 0) is 30.3 Å². The Balaban J connectivity index is 1.75. The lowest BCUT2D eigenvalue weighted by Crippen LogP contribution is -2.14. The molecular weight excluding hydrogens is 323 g/mol. The van der Waals surface area contributed by atoms with E-state index in [0.29, 0.717) is 11.5 Å². The minimum Gasteiger partial charge on any atom is -0.321 e. The lowest BCUT2D eigenvalue weighted by atomic mass is 10.1. The summed E-state index contributed by atoms with van der Waals surface area (Å²) in [6, 6.07) is 7.36. The molecule has 0 spiro atoms. The summed E-state index contributed by atoms with van der Waals surface area (Å²) in [4.78, 5) is 20.0. The van der Waals surface area contributed by atoms with Gasteiger partial charge in [0.2, 0.25) is 0 Å². The zero-order chi connectivity index (χ0) is 17.2. The van der Waals surface area contributed by atoms with E-state index < -0.39 is 17.6 Å². The number of pyridine rings is 1. The van der Waals surface area contributed by atoms with Crippen LogP contribution < -0.4 is 5.32 Å². The number of rotatable bonds is 3. The molecule has 9 heteroatoms. The Bertz CT molecular complexity index is 844. The summed E-state index contributed by atoms with van der Waals surface area (Å²) in [5, 5.41) is 6.40. The SMILES string of the molecule is O=C(Nc1ccc(-n2cncn2)nc1)c1cccc(C(F)(F)F)c1. The van der Waals surface area contributed by atoms with Gasteiger partial charge in [-0.25, -0.2) is 14.6 Å². The second kappa shape index (κ2) is 6.11. The molecule has 6 nitrogen and oxygen atoms in total. The molecule has 0 aliphatic carbocycles. The number of alkyl halides is 3. The van der Waals surface area contributed by atoms with Crippen LogP contribution in [0.4, 0.5) is 18.9 Å². The van der Waals surface area contributed by atoms with Crippen molar-refractivity contribution in [2.45, 2.75) is 6.18 Å². The number of anilines is 1. The van der Waals surface area contributed by atoms with Gasteiger partial charge in [0.15, 0.2) is 5.82 Å². The highest BCUT2D eigenvalue weighted by Gasteiger charge is 2.30. The Morgan fingerprint density at radius 1 is 1.17 bits per heavy atom. The van der Waals surface area contributed by atoms with Crippen molar-refractivity contribution in [3.63, 3.8) is 0 Å². The maximum atomic E-state index is 12.7. The molecule has 24 heavy (non-hydrogen) atoms. The van der Waals surface area contributed by atoms with E-state index in [0.717, 1.165) is 12.1 Å². The molecule has 1 amide bonds. The van der Waals surface area contributed by atoms with E-state index in [-0.39, 0.29) is 5.56 Å². The summed E-state index contributed by atoms with van der Waals surface area (Å²) < 4.78 is 39.5. The van der Waals surface area contributed by atoms with E-state index in [1.807, 2.05) is 0 Å². The average molecular weight is 333 g/mol. The van der Waals surface area contributed by atoms with Crippen LogP contribution in [0.1, 0.15) is 15.9 Å². The third kappa shape index (κ3) is 3.40. The van der Waals surface area contributed by atoms with E-state index >= 15 is 0 Å². The number of hydrogen-bond donors (Lipinski definition) is 1. The summed E-state index contributed by atoms with van der Waals surface area (Å²) in [5.74, 6) is -0.166. The molecule has 0 radical (unpaired) electrons. The molecule has 0 fully saturated rings. The summed E-state index contributed by atoms with van der Waals surface area (Å²) in [5.41, 5.74) is -0.624. The molecule has 0 saturated carbocycles. The second-order valence-electron chi connectivity index (χ2n) is 4.78. The van der Waals surface area contributed by atoms with Crippen molar-refractivity contribution in [3.8, 4) is 5.82 Å². The number of nitrogens with zero attached hydrogens (tertiary/aromatic N) is 4. The Kier molecular flexibility index (Phi) is 3.98. The van der Waals surface area contributed by atoms with Gasteiger partial charge in [-0.1, -0.05) is 6.07 Å². The van der Waals surface area contributed by atoms with Crippen LogP contribution in [0, 0.1) is 0 Å². The van der Waals surface area contributed by atoms with E-state index in [9.17, 15) is 18.0 Å². The number of benzene rings is 1. The fraction of sp³-hybridized carbons (Fsp3) is 0.0667. The fourth-order valence-electron chi connectivity index (χ4n) is 1.96. The molecule has 0 atom stereocenters. The third-order valence-corrected chi connectivity index (χ3v) is 3.11. The van der Waals surface area contributed by atoms with Gasteiger partial charge >= 0.3 is 6.18 Å². The minimum atomic E-state index is -4.50. The van der Waals surface area contributed by atoms with Gasteiger partial charge in [0.1, 0.15) is 12.7 Å².